The molecule has 0 N–H and O–H groups in total. The Morgan fingerprint density at radius 1 is 1.42 bits per heavy atom. The second kappa shape index (κ2) is 5.34. The Balaban J connectivity index is 2.41. The first kappa shape index (κ1) is 14.1. The molecule has 1 aromatic heterocycles. The summed E-state index contributed by atoms with van der Waals surface area (Å²) in [6, 6.07) is 5.27. The fraction of sp³-hybridized carbons (Fsp3) is 0.250. The predicted octanol–water partition coefficient (Wildman–Crippen LogP) is 2.17. The number of halogens is 1. The average Bonchev–Trinajstić information content (AvgIpc) is 2.76. The third-order valence-electron chi connectivity index (χ3n) is 2.64. The molecule has 0 unspecified atom stereocenters. The van der Waals surface area contributed by atoms with Gasteiger partial charge in [0.05, 0.1) is 12.9 Å². The highest BCUT2D eigenvalue weighted by Gasteiger charge is 2.22. The van der Waals surface area contributed by atoms with Crippen LogP contribution in [-0.4, -0.2) is 25.1 Å². The topological polar surface area (TPSA) is 61.2 Å². The number of methoxy groups -OCH3 is 1. The van der Waals surface area contributed by atoms with Gasteiger partial charge in [-0.2, -0.15) is 0 Å². The van der Waals surface area contributed by atoms with E-state index in [4.69, 9.17) is 4.74 Å². The number of sulfone groups is 1. The molecule has 0 saturated carbocycles. The summed E-state index contributed by atoms with van der Waals surface area (Å²) in [7, 11) is -0.334. The third kappa shape index (κ3) is 2.98. The predicted molar refractivity (Wildman–Crippen MR) is 74.8 cm³/mol. The van der Waals surface area contributed by atoms with Gasteiger partial charge in [0.15, 0.2) is 0 Å². The average molecular weight is 345 g/mol. The number of aryl methyl sites for hydroxylation is 1. The summed E-state index contributed by atoms with van der Waals surface area (Å²) < 4.78 is 32.1. The molecular weight excluding hydrogens is 332 g/mol. The van der Waals surface area contributed by atoms with Gasteiger partial charge in [0.1, 0.15) is 5.75 Å². The minimum absolute atomic E-state index is 0.0505. The summed E-state index contributed by atoms with van der Waals surface area (Å²) in [5.41, 5.74) is 0.597. The summed E-state index contributed by atoms with van der Waals surface area (Å²) in [5, 5.41) is 0.0505. The monoisotopic (exact) mass is 344 g/mol. The molecule has 2 rings (SSSR count). The van der Waals surface area contributed by atoms with Crippen LogP contribution in [-0.2, 0) is 22.6 Å². The highest BCUT2D eigenvalue weighted by molar-refractivity contribution is 9.10. The van der Waals surface area contributed by atoms with Crippen molar-refractivity contribution in [3.8, 4) is 5.75 Å². The molecule has 0 radical (unpaired) electrons. The van der Waals surface area contributed by atoms with E-state index in [-0.39, 0.29) is 10.9 Å². The lowest BCUT2D eigenvalue weighted by molar-refractivity contribution is 0.411. The van der Waals surface area contributed by atoms with Crippen molar-refractivity contribution in [3.05, 3.63) is 40.6 Å². The summed E-state index contributed by atoms with van der Waals surface area (Å²) in [4.78, 5) is 3.88. The maximum Gasteiger partial charge on any atom is 0.227 e. The Hall–Kier alpha value is -1.34. The summed E-state index contributed by atoms with van der Waals surface area (Å²) in [5.74, 6) is 0.390. The highest BCUT2D eigenvalue weighted by atomic mass is 79.9. The number of aromatic nitrogens is 2. The summed E-state index contributed by atoms with van der Waals surface area (Å²) in [6.07, 6.45) is 3.07. The Labute approximate surface area is 120 Å². The number of nitrogens with zero attached hydrogens (tertiary/aromatic N) is 2. The van der Waals surface area contributed by atoms with Crippen LogP contribution in [0.5, 0.6) is 5.75 Å². The lowest BCUT2D eigenvalue weighted by Crippen LogP contribution is -2.11. The number of ether oxygens (including phenoxy) is 1. The fourth-order valence-electron chi connectivity index (χ4n) is 1.78. The summed E-state index contributed by atoms with van der Waals surface area (Å²) >= 11 is 3.33. The molecule has 1 aromatic carbocycles. The second-order valence-corrected chi connectivity index (χ2v) is 6.83. The summed E-state index contributed by atoms with van der Waals surface area (Å²) in [6.45, 7) is 0. The van der Waals surface area contributed by atoms with E-state index >= 15 is 0 Å². The van der Waals surface area contributed by atoms with Crippen LogP contribution in [0.15, 0.2) is 40.2 Å². The van der Waals surface area contributed by atoms with Gasteiger partial charge in [-0.3, -0.25) is 0 Å². The Bertz CT molecular complexity index is 695. The zero-order valence-electron chi connectivity index (χ0n) is 10.5. The van der Waals surface area contributed by atoms with Crippen molar-refractivity contribution in [2.24, 2.45) is 7.05 Å². The van der Waals surface area contributed by atoms with Crippen molar-refractivity contribution in [2.75, 3.05) is 7.11 Å². The number of benzene rings is 1. The molecule has 102 valence electrons. The standard InChI is InChI=1S/C12H13BrN2O3S/c1-15-6-5-14-12(15)19(16,17)8-9-7-10(13)3-4-11(9)18-2/h3-7H,8H2,1-2H3. The van der Waals surface area contributed by atoms with Crippen LogP contribution in [0.1, 0.15) is 5.56 Å². The van der Waals surface area contributed by atoms with E-state index in [0.29, 0.717) is 11.3 Å². The molecule has 1 heterocycles. The number of hydrogen-bond acceptors (Lipinski definition) is 4. The van der Waals surface area contributed by atoms with Crippen molar-refractivity contribution >= 4 is 25.8 Å². The number of hydrogen-bond donors (Lipinski definition) is 0. The Morgan fingerprint density at radius 3 is 2.74 bits per heavy atom. The quantitative estimate of drug-likeness (QED) is 0.852. The van der Waals surface area contributed by atoms with E-state index in [1.807, 2.05) is 0 Å². The Kier molecular flexibility index (Phi) is 3.96. The van der Waals surface area contributed by atoms with Crippen molar-refractivity contribution < 1.29 is 13.2 Å². The molecule has 19 heavy (non-hydrogen) atoms. The molecule has 0 aliphatic carbocycles. The lowest BCUT2D eigenvalue weighted by atomic mass is 10.2. The molecule has 0 atom stereocenters. The smallest absolute Gasteiger partial charge is 0.227 e. The first-order valence-corrected chi connectivity index (χ1v) is 7.91. The number of imidazole rings is 1. The van der Waals surface area contributed by atoms with Crippen LogP contribution in [0, 0.1) is 0 Å². The van der Waals surface area contributed by atoms with E-state index < -0.39 is 9.84 Å². The maximum absolute atomic E-state index is 12.3. The normalized spacial score (nSPS) is 11.5. The van der Waals surface area contributed by atoms with Gasteiger partial charge in [0.25, 0.3) is 0 Å². The largest absolute Gasteiger partial charge is 0.496 e. The van der Waals surface area contributed by atoms with Crippen LogP contribution in [0.4, 0.5) is 0 Å². The van der Waals surface area contributed by atoms with E-state index in [1.165, 1.54) is 17.9 Å². The molecule has 0 bridgehead atoms. The van der Waals surface area contributed by atoms with Crippen LogP contribution >= 0.6 is 15.9 Å². The molecule has 0 aliphatic rings. The van der Waals surface area contributed by atoms with Crippen LogP contribution in [0.3, 0.4) is 0 Å². The van der Waals surface area contributed by atoms with Crippen molar-refractivity contribution in [3.63, 3.8) is 0 Å². The minimum atomic E-state index is -3.50. The molecule has 0 fully saturated rings. The van der Waals surface area contributed by atoms with Crippen molar-refractivity contribution in [1.82, 2.24) is 9.55 Å². The van der Waals surface area contributed by atoms with E-state index in [9.17, 15) is 8.42 Å². The maximum atomic E-state index is 12.3. The molecule has 5 nitrogen and oxygen atoms in total. The minimum Gasteiger partial charge on any atom is -0.496 e. The molecule has 0 saturated heterocycles. The van der Waals surface area contributed by atoms with Gasteiger partial charge >= 0.3 is 0 Å². The first-order valence-electron chi connectivity index (χ1n) is 5.46. The third-order valence-corrected chi connectivity index (χ3v) is 4.78. The van der Waals surface area contributed by atoms with E-state index in [0.717, 1.165) is 4.47 Å². The van der Waals surface area contributed by atoms with Crippen LogP contribution in [0.2, 0.25) is 0 Å². The van der Waals surface area contributed by atoms with Crippen LogP contribution < -0.4 is 4.74 Å². The Morgan fingerprint density at radius 2 is 2.16 bits per heavy atom. The second-order valence-electron chi connectivity index (χ2n) is 4.04. The van der Waals surface area contributed by atoms with Crippen molar-refractivity contribution in [2.45, 2.75) is 10.9 Å². The molecule has 0 aliphatic heterocycles. The SMILES string of the molecule is COc1ccc(Br)cc1CS(=O)(=O)c1nccn1C. The fourth-order valence-corrected chi connectivity index (χ4v) is 3.67. The molecule has 2 aromatic rings. The van der Waals surface area contributed by atoms with Crippen LogP contribution in [0.25, 0.3) is 0 Å². The first-order chi connectivity index (χ1) is 8.94. The molecule has 0 spiro atoms. The highest BCUT2D eigenvalue weighted by Crippen LogP contribution is 2.26. The van der Waals surface area contributed by atoms with Gasteiger partial charge in [0.2, 0.25) is 15.0 Å². The molecule has 0 amide bonds. The lowest BCUT2D eigenvalue weighted by Gasteiger charge is -2.09. The van der Waals surface area contributed by atoms with Gasteiger partial charge in [0, 0.05) is 29.5 Å². The van der Waals surface area contributed by atoms with Gasteiger partial charge < -0.3 is 9.30 Å². The number of rotatable bonds is 4. The molecule has 7 heteroatoms. The van der Waals surface area contributed by atoms with Gasteiger partial charge in [-0.05, 0) is 18.2 Å². The zero-order chi connectivity index (χ0) is 14.0. The van der Waals surface area contributed by atoms with Gasteiger partial charge in [-0.25, -0.2) is 13.4 Å². The van der Waals surface area contributed by atoms with Gasteiger partial charge in [-0.15, -0.1) is 0 Å². The van der Waals surface area contributed by atoms with Crippen molar-refractivity contribution in [1.29, 1.82) is 0 Å². The van der Waals surface area contributed by atoms with E-state index in [1.54, 1.807) is 31.4 Å². The molecular formula is C12H13BrN2O3S. The zero-order valence-corrected chi connectivity index (χ0v) is 12.9. The van der Waals surface area contributed by atoms with Gasteiger partial charge in [-0.1, -0.05) is 15.9 Å². The van der Waals surface area contributed by atoms with E-state index in [2.05, 4.69) is 20.9 Å².